The Morgan fingerprint density at radius 3 is 2.44 bits per heavy atom. The predicted molar refractivity (Wildman–Crippen MR) is 75.1 cm³/mol. The van der Waals surface area contributed by atoms with E-state index in [1.807, 2.05) is 0 Å². The van der Waals surface area contributed by atoms with Crippen LogP contribution in [0.3, 0.4) is 0 Å². The first-order valence-corrected chi connectivity index (χ1v) is 6.73. The number of hydrogen-bond acceptors (Lipinski definition) is 3. The van der Waals surface area contributed by atoms with Gasteiger partial charge in [-0.05, 0) is 43.5 Å². The zero-order chi connectivity index (χ0) is 13.4. The van der Waals surface area contributed by atoms with E-state index in [2.05, 4.69) is 38.2 Å². The number of ether oxygens (including phenoxy) is 1. The van der Waals surface area contributed by atoms with E-state index in [-0.39, 0.29) is 6.61 Å². The van der Waals surface area contributed by atoms with Crippen molar-refractivity contribution >= 4 is 0 Å². The number of nitrogens with one attached hydrogen (secondary N) is 1. The van der Waals surface area contributed by atoms with Crippen LogP contribution in [0.25, 0.3) is 0 Å². The fourth-order valence-corrected chi connectivity index (χ4v) is 2.02. The molecule has 0 atom stereocenters. The van der Waals surface area contributed by atoms with Crippen LogP contribution in [0.4, 0.5) is 0 Å². The van der Waals surface area contributed by atoms with Gasteiger partial charge < -0.3 is 15.2 Å². The lowest BCUT2D eigenvalue weighted by Crippen LogP contribution is -2.14. The minimum absolute atomic E-state index is 0.178. The van der Waals surface area contributed by atoms with E-state index in [1.54, 1.807) is 0 Å². The first-order valence-electron chi connectivity index (χ1n) is 6.73. The number of aliphatic hydroxyl groups excluding tert-OH is 1. The first-order chi connectivity index (χ1) is 8.69. The number of aryl methyl sites for hydroxylation is 2. The van der Waals surface area contributed by atoms with Crippen LogP contribution < -0.4 is 10.1 Å². The summed E-state index contributed by atoms with van der Waals surface area (Å²) in [5, 5.41) is 12.2. The molecule has 0 aliphatic carbocycles. The van der Waals surface area contributed by atoms with Crippen molar-refractivity contribution in [2.75, 3.05) is 19.8 Å². The van der Waals surface area contributed by atoms with E-state index in [0.29, 0.717) is 13.0 Å². The van der Waals surface area contributed by atoms with Gasteiger partial charge in [0, 0.05) is 19.6 Å². The number of benzene rings is 1. The van der Waals surface area contributed by atoms with Crippen molar-refractivity contribution < 1.29 is 9.84 Å². The Labute approximate surface area is 110 Å². The number of rotatable bonds is 8. The van der Waals surface area contributed by atoms with Gasteiger partial charge in [-0.1, -0.05) is 19.1 Å². The molecule has 0 aliphatic rings. The molecule has 0 radical (unpaired) electrons. The van der Waals surface area contributed by atoms with Crippen LogP contribution in [0.1, 0.15) is 36.5 Å². The summed E-state index contributed by atoms with van der Waals surface area (Å²) >= 11 is 0. The van der Waals surface area contributed by atoms with Crippen LogP contribution >= 0.6 is 0 Å². The lowest BCUT2D eigenvalue weighted by Gasteiger charge is -2.14. The second kappa shape index (κ2) is 8.11. The summed E-state index contributed by atoms with van der Waals surface area (Å²) in [5.74, 6) is 0.961. The Balaban J connectivity index is 2.65. The van der Waals surface area contributed by atoms with E-state index in [1.165, 1.54) is 16.7 Å². The van der Waals surface area contributed by atoms with Crippen LogP contribution in [-0.2, 0) is 6.54 Å². The van der Waals surface area contributed by atoms with E-state index in [4.69, 9.17) is 9.84 Å². The van der Waals surface area contributed by atoms with Crippen LogP contribution in [0.15, 0.2) is 12.1 Å². The van der Waals surface area contributed by atoms with Crippen molar-refractivity contribution in [3.63, 3.8) is 0 Å². The van der Waals surface area contributed by atoms with Gasteiger partial charge in [-0.2, -0.15) is 0 Å². The quantitative estimate of drug-likeness (QED) is 0.698. The Hall–Kier alpha value is -1.06. The molecule has 0 saturated carbocycles. The SMILES string of the molecule is CCCNCc1cc(C)c(OCCCO)c(C)c1. The average molecular weight is 251 g/mol. The average Bonchev–Trinajstić information content (AvgIpc) is 2.33. The summed E-state index contributed by atoms with van der Waals surface area (Å²) in [6.07, 6.45) is 1.83. The number of aliphatic hydroxyl groups is 1. The molecule has 0 aliphatic heterocycles. The third-order valence-corrected chi connectivity index (χ3v) is 2.82. The summed E-state index contributed by atoms with van der Waals surface area (Å²) in [7, 11) is 0. The topological polar surface area (TPSA) is 41.5 Å². The maximum absolute atomic E-state index is 8.76. The highest BCUT2D eigenvalue weighted by Crippen LogP contribution is 2.24. The Morgan fingerprint density at radius 2 is 1.89 bits per heavy atom. The zero-order valence-corrected chi connectivity index (χ0v) is 11.8. The molecule has 0 heterocycles. The zero-order valence-electron chi connectivity index (χ0n) is 11.8. The molecular weight excluding hydrogens is 226 g/mol. The van der Waals surface area contributed by atoms with Crippen molar-refractivity contribution in [1.82, 2.24) is 5.32 Å². The van der Waals surface area contributed by atoms with Gasteiger partial charge in [-0.3, -0.25) is 0 Å². The van der Waals surface area contributed by atoms with Crippen LogP contribution in [-0.4, -0.2) is 24.9 Å². The molecule has 18 heavy (non-hydrogen) atoms. The van der Waals surface area contributed by atoms with E-state index < -0.39 is 0 Å². The van der Waals surface area contributed by atoms with Crippen molar-refractivity contribution in [2.24, 2.45) is 0 Å². The Kier molecular flexibility index (Phi) is 6.76. The molecule has 1 aromatic carbocycles. The van der Waals surface area contributed by atoms with Gasteiger partial charge in [0.15, 0.2) is 0 Å². The first kappa shape index (κ1) is 15.0. The Bertz CT molecular complexity index is 341. The molecule has 0 fully saturated rings. The lowest BCUT2D eigenvalue weighted by molar-refractivity contribution is 0.232. The molecule has 1 rings (SSSR count). The molecule has 3 heteroatoms. The molecule has 1 aromatic rings. The van der Waals surface area contributed by atoms with E-state index in [9.17, 15) is 0 Å². The minimum atomic E-state index is 0.178. The highest BCUT2D eigenvalue weighted by Gasteiger charge is 2.06. The van der Waals surface area contributed by atoms with Gasteiger partial charge in [0.2, 0.25) is 0 Å². The molecule has 0 spiro atoms. The standard InChI is InChI=1S/C15H25NO2/c1-4-6-16-11-14-9-12(2)15(13(3)10-14)18-8-5-7-17/h9-10,16-17H,4-8,11H2,1-3H3. The van der Waals surface area contributed by atoms with Gasteiger partial charge in [0.05, 0.1) is 6.61 Å². The number of hydrogen-bond donors (Lipinski definition) is 2. The molecule has 0 bridgehead atoms. The van der Waals surface area contributed by atoms with Gasteiger partial charge in [0.1, 0.15) is 5.75 Å². The van der Waals surface area contributed by atoms with Crippen LogP contribution in [0, 0.1) is 13.8 Å². The van der Waals surface area contributed by atoms with Crippen molar-refractivity contribution in [1.29, 1.82) is 0 Å². The van der Waals surface area contributed by atoms with Crippen molar-refractivity contribution in [3.05, 3.63) is 28.8 Å². The second-order valence-electron chi connectivity index (χ2n) is 4.66. The summed E-state index contributed by atoms with van der Waals surface area (Å²) in [4.78, 5) is 0. The maximum Gasteiger partial charge on any atom is 0.125 e. The second-order valence-corrected chi connectivity index (χ2v) is 4.66. The normalized spacial score (nSPS) is 10.7. The molecule has 102 valence electrons. The van der Waals surface area contributed by atoms with Gasteiger partial charge in [-0.25, -0.2) is 0 Å². The van der Waals surface area contributed by atoms with Gasteiger partial charge in [-0.15, -0.1) is 0 Å². The molecule has 0 amide bonds. The third-order valence-electron chi connectivity index (χ3n) is 2.82. The smallest absolute Gasteiger partial charge is 0.125 e. The van der Waals surface area contributed by atoms with Crippen molar-refractivity contribution in [3.8, 4) is 5.75 Å². The minimum Gasteiger partial charge on any atom is -0.493 e. The molecule has 0 saturated heterocycles. The van der Waals surface area contributed by atoms with Gasteiger partial charge >= 0.3 is 0 Å². The van der Waals surface area contributed by atoms with E-state index >= 15 is 0 Å². The van der Waals surface area contributed by atoms with E-state index in [0.717, 1.165) is 25.3 Å². The Morgan fingerprint density at radius 1 is 1.22 bits per heavy atom. The summed E-state index contributed by atoms with van der Waals surface area (Å²) in [6.45, 7) is 9.03. The molecular formula is C15H25NO2. The van der Waals surface area contributed by atoms with Crippen LogP contribution in [0.2, 0.25) is 0 Å². The molecule has 2 N–H and O–H groups in total. The van der Waals surface area contributed by atoms with Gasteiger partial charge in [0.25, 0.3) is 0 Å². The maximum atomic E-state index is 8.76. The monoisotopic (exact) mass is 251 g/mol. The summed E-state index contributed by atoms with van der Waals surface area (Å²) < 4.78 is 5.71. The highest BCUT2D eigenvalue weighted by atomic mass is 16.5. The van der Waals surface area contributed by atoms with Crippen LogP contribution in [0.5, 0.6) is 5.75 Å². The third kappa shape index (κ3) is 4.67. The fourth-order valence-electron chi connectivity index (χ4n) is 2.02. The van der Waals surface area contributed by atoms with Crippen molar-refractivity contribution in [2.45, 2.75) is 40.2 Å². The molecule has 3 nitrogen and oxygen atoms in total. The summed E-state index contributed by atoms with van der Waals surface area (Å²) in [5.41, 5.74) is 3.63. The lowest BCUT2D eigenvalue weighted by atomic mass is 10.1. The predicted octanol–water partition coefficient (Wildman–Crippen LogP) is 2.56. The largest absolute Gasteiger partial charge is 0.493 e. The molecule has 0 unspecified atom stereocenters. The summed E-state index contributed by atoms with van der Waals surface area (Å²) in [6, 6.07) is 4.34. The molecule has 0 aromatic heterocycles. The fraction of sp³-hybridized carbons (Fsp3) is 0.600. The highest BCUT2D eigenvalue weighted by molar-refractivity contribution is 5.43.